The maximum atomic E-state index is 10.7. The van der Waals surface area contributed by atoms with Crippen molar-refractivity contribution in [1.82, 2.24) is 5.32 Å². The Bertz CT molecular complexity index is 196. The van der Waals surface area contributed by atoms with Crippen LogP contribution in [0.3, 0.4) is 0 Å². The fraction of sp³-hybridized carbons (Fsp3) is 0.667. The van der Waals surface area contributed by atoms with Gasteiger partial charge in [0, 0.05) is 0 Å². The first-order valence-electron chi connectivity index (χ1n) is 3.08. The number of amides is 1. The van der Waals surface area contributed by atoms with Crippen LogP contribution in [0.4, 0.5) is 0 Å². The Morgan fingerprint density at radius 3 is 2.50 bits per heavy atom. The van der Waals surface area contributed by atoms with Crippen LogP contribution < -0.4 is 5.32 Å². The maximum Gasteiger partial charge on any atom is 0.226 e. The smallest absolute Gasteiger partial charge is 0.226 e. The van der Waals surface area contributed by atoms with Crippen molar-refractivity contribution < 1.29 is 10.0 Å². The summed E-state index contributed by atoms with van der Waals surface area (Å²) in [7, 11) is 0. The minimum atomic E-state index is -0.466. The molecule has 1 aliphatic heterocycles. The summed E-state index contributed by atoms with van der Waals surface area (Å²) < 4.78 is 0. The predicted molar refractivity (Wildman–Crippen MR) is 36.1 cm³/mol. The van der Waals surface area contributed by atoms with Crippen molar-refractivity contribution in [2.75, 3.05) is 0 Å². The summed E-state index contributed by atoms with van der Waals surface area (Å²) in [5.74, 6) is -0.0854. The van der Waals surface area contributed by atoms with E-state index in [2.05, 4.69) is 10.5 Å². The Morgan fingerprint density at radius 1 is 1.70 bits per heavy atom. The molecule has 0 aromatic rings. The van der Waals surface area contributed by atoms with Crippen LogP contribution in [0.2, 0.25) is 0 Å². The summed E-state index contributed by atoms with van der Waals surface area (Å²) in [5.41, 5.74) is 0.0313. The maximum absolute atomic E-state index is 10.7. The Kier molecular flexibility index (Phi) is 1.39. The third-order valence-corrected chi connectivity index (χ3v) is 1.62. The second kappa shape index (κ2) is 1.97. The average molecular weight is 142 g/mol. The lowest BCUT2D eigenvalue weighted by Crippen LogP contribution is -2.39. The summed E-state index contributed by atoms with van der Waals surface area (Å²) in [6.45, 7) is 3.60. The molecule has 0 unspecified atom stereocenters. The van der Waals surface area contributed by atoms with Crippen molar-refractivity contribution in [3.8, 4) is 0 Å². The molecular weight excluding hydrogens is 132 g/mol. The van der Waals surface area contributed by atoms with E-state index in [-0.39, 0.29) is 12.3 Å². The molecule has 0 aromatic heterocycles. The van der Waals surface area contributed by atoms with Gasteiger partial charge >= 0.3 is 0 Å². The summed E-state index contributed by atoms with van der Waals surface area (Å²) in [5, 5.41) is 14.1. The van der Waals surface area contributed by atoms with Crippen LogP contribution in [0.25, 0.3) is 0 Å². The highest BCUT2D eigenvalue weighted by atomic mass is 16.4. The molecule has 1 aliphatic rings. The number of hydrogen-bond acceptors (Lipinski definition) is 3. The van der Waals surface area contributed by atoms with Gasteiger partial charge in [-0.15, -0.1) is 0 Å². The van der Waals surface area contributed by atoms with Crippen LogP contribution >= 0.6 is 0 Å². The normalized spacial score (nSPS) is 27.0. The summed E-state index contributed by atoms with van der Waals surface area (Å²) in [4.78, 5) is 10.7. The van der Waals surface area contributed by atoms with Crippen LogP contribution in [0.1, 0.15) is 20.3 Å². The van der Waals surface area contributed by atoms with E-state index in [1.165, 1.54) is 0 Å². The molecule has 1 rings (SSSR count). The van der Waals surface area contributed by atoms with Crippen LogP contribution in [0.5, 0.6) is 0 Å². The van der Waals surface area contributed by atoms with Crippen molar-refractivity contribution in [3.63, 3.8) is 0 Å². The van der Waals surface area contributed by atoms with Gasteiger partial charge in [-0.1, -0.05) is 5.16 Å². The van der Waals surface area contributed by atoms with Gasteiger partial charge in [0.2, 0.25) is 5.91 Å². The van der Waals surface area contributed by atoms with E-state index in [4.69, 9.17) is 5.21 Å². The highest BCUT2D eigenvalue weighted by Gasteiger charge is 2.35. The number of carbonyl (C=O) groups excluding carboxylic acids is 1. The monoisotopic (exact) mass is 142 g/mol. The molecule has 2 N–H and O–H groups in total. The first-order valence-corrected chi connectivity index (χ1v) is 3.08. The molecule has 0 spiro atoms. The van der Waals surface area contributed by atoms with Gasteiger partial charge < -0.3 is 10.5 Å². The summed E-state index contributed by atoms with van der Waals surface area (Å²) in [6.07, 6.45) is 0.212. The molecule has 1 heterocycles. The Balaban J connectivity index is 2.88. The predicted octanol–water partition coefficient (Wildman–Crippen LogP) is 0.115. The standard InChI is InChI=1S/C6H10N2O2/c1-6(2)4(8-10)3-5(9)7-6/h10H,3H2,1-2H3,(H,7,9)/b8-4-. The lowest BCUT2D eigenvalue weighted by atomic mass is 10.0. The number of oxime groups is 1. The number of hydrogen-bond donors (Lipinski definition) is 2. The molecule has 1 saturated heterocycles. The van der Waals surface area contributed by atoms with Crippen molar-refractivity contribution >= 4 is 11.6 Å². The highest BCUT2D eigenvalue weighted by Crippen LogP contribution is 2.15. The second-order valence-corrected chi connectivity index (χ2v) is 2.90. The van der Waals surface area contributed by atoms with Crippen LogP contribution in [0.15, 0.2) is 5.16 Å². The van der Waals surface area contributed by atoms with Gasteiger partial charge in [0.05, 0.1) is 17.7 Å². The van der Waals surface area contributed by atoms with Crippen molar-refractivity contribution in [2.45, 2.75) is 25.8 Å². The Morgan fingerprint density at radius 2 is 2.30 bits per heavy atom. The minimum absolute atomic E-state index is 0.0854. The number of nitrogens with zero attached hydrogens (tertiary/aromatic N) is 1. The van der Waals surface area contributed by atoms with E-state index >= 15 is 0 Å². The molecule has 4 nitrogen and oxygen atoms in total. The summed E-state index contributed by atoms with van der Waals surface area (Å²) >= 11 is 0. The zero-order valence-corrected chi connectivity index (χ0v) is 6.01. The van der Waals surface area contributed by atoms with E-state index in [0.717, 1.165) is 0 Å². The van der Waals surface area contributed by atoms with Gasteiger partial charge in [-0.3, -0.25) is 4.79 Å². The fourth-order valence-electron chi connectivity index (χ4n) is 0.998. The minimum Gasteiger partial charge on any atom is -0.411 e. The van der Waals surface area contributed by atoms with Gasteiger partial charge in [-0.2, -0.15) is 0 Å². The molecule has 1 amide bonds. The zero-order valence-electron chi connectivity index (χ0n) is 6.01. The van der Waals surface area contributed by atoms with Gasteiger partial charge in [0.25, 0.3) is 0 Å². The molecule has 0 aromatic carbocycles. The van der Waals surface area contributed by atoms with Crippen LogP contribution in [-0.2, 0) is 4.79 Å². The van der Waals surface area contributed by atoms with Gasteiger partial charge in [-0.25, -0.2) is 0 Å². The number of nitrogens with one attached hydrogen (secondary N) is 1. The first kappa shape index (κ1) is 7.05. The molecule has 0 saturated carbocycles. The zero-order chi connectivity index (χ0) is 7.78. The van der Waals surface area contributed by atoms with Crippen molar-refractivity contribution in [1.29, 1.82) is 0 Å². The van der Waals surface area contributed by atoms with E-state index in [9.17, 15) is 4.79 Å². The van der Waals surface area contributed by atoms with Crippen molar-refractivity contribution in [2.24, 2.45) is 5.16 Å². The Labute approximate surface area is 58.9 Å². The highest BCUT2D eigenvalue weighted by molar-refractivity contribution is 6.12. The molecule has 10 heavy (non-hydrogen) atoms. The molecule has 56 valence electrons. The largest absolute Gasteiger partial charge is 0.411 e. The average Bonchev–Trinajstić information content (AvgIpc) is 2.04. The second-order valence-electron chi connectivity index (χ2n) is 2.90. The molecule has 1 fully saturated rings. The van der Waals surface area contributed by atoms with E-state index in [1.54, 1.807) is 13.8 Å². The molecule has 4 heteroatoms. The molecule has 0 radical (unpaired) electrons. The van der Waals surface area contributed by atoms with Gasteiger partial charge in [0.15, 0.2) is 0 Å². The quantitative estimate of drug-likeness (QED) is 0.372. The van der Waals surface area contributed by atoms with E-state index < -0.39 is 5.54 Å². The van der Waals surface area contributed by atoms with E-state index in [0.29, 0.717) is 5.71 Å². The van der Waals surface area contributed by atoms with E-state index in [1.807, 2.05) is 0 Å². The lowest BCUT2D eigenvalue weighted by Gasteiger charge is -2.16. The number of carbonyl (C=O) groups is 1. The number of rotatable bonds is 0. The molecular formula is C6H10N2O2. The Hall–Kier alpha value is -1.06. The third kappa shape index (κ3) is 0.964. The van der Waals surface area contributed by atoms with Crippen LogP contribution in [-0.4, -0.2) is 22.4 Å². The van der Waals surface area contributed by atoms with Crippen molar-refractivity contribution in [3.05, 3.63) is 0 Å². The topological polar surface area (TPSA) is 61.7 Å². The molecule has 0 aliphatic carbocycles. The fourth-order valence-corrected chi connectivity index (χ4v) is 0.998. The summed E-state index contributed by atoms with van der Waals surface area (Å²) in [6, 6.07) is 0. The SMILES string of the molecule is CC1(C)NC(=O)C/C1=N/O. The van der Waals surface area contributed by atoms with Gasteiger partial charge in [0.1, 0.15) is 0 Å². The molecule has 0 atom stereocenters. The first-order chi connectivity index (χ1) is 4.56. The third-order valence-electron chi connectivity index (χ3n) is 1.62. The lowest BCUT2D eigenvalue weighted by molar-refractivity contribution is -0.119. The van der Waals surface area contributed by atoms with Gasteiger partial charge in [-0.05, 0) is 13.8 Å². The molecule has 0 bridgehead atoms. The van der Waals surface area contributed by atoms with Crippen LogP contribution in [0, 0.1) is 0 Å².